The molecule has 0 saturated carbocycles. The maximum Gasteiger partial charge on any atom is 0.0824 e. The molecule has 0 saturated heterocycles. The van der Waals surface area contributed by atoms with E-state index in [-0.39, 0.29) is 0 Å². The number of benzene rings is 1. The van der Waals surface area contributed by atoms with Gasteiger partial charge in [0.15, 0.2) is 0 Å². The Labute approximate surface area is 91.7 Å². The Kier molecular flexibility index (Phi) is 2.68. The number of hydrogen-bond acceptors (Lipinski definition) is 1. The SMILES string of the molecule is CCn1ncc(Br)c1-c1ccccc1. The molecule has 2 aromatic rings. The highest BCUT2D eigenvalue weighted by atomic mass is 79.9. The topological polar surface area (TPSA) is 17.8 Å². The van der Waals surface area contributed by atoms with E-state index in [1.807, 2.05) is 29.1 Å². The lowest BCUT2D eigenvalue weighted by Crippen LogP contribution is -1.98. The van der Waals surface area contributed by atoms with Gasteiger partial charge in [-0.1, -0.05) is 30.3 Å². The molecule has 0 unspecified atom stereocenters. The molecular weight excluding hydrogens is 240 g/mol. The van der Waals surface area contributed by atoms with E-state index in [2.05, 4.69) is 40.1 Å². The molecule has 1 heterocycles. The van der Waals surface area contributed by atoms with E-state index in [0.29, 0.717) is 0 Å². The lowest BCUT2D eigenvalue weighted by Gasteiger charge is -2.04. The highest BCUT2D eigenvalue weighted by Gasteiger charge is 2.08. The fourth-order valence-corrected chi connectivity index (χ4v) is 2.01. The Balaban J connectivity index is 2.55. The van der Waals surface area contributed by atoms with Gasteiger partial charge in [-0.25, -0.2) is 0 Å². The van der Waals surface area contributed by atoms with Gasteiger partial charge < -0.3 is 0 Å². The van der Waals surface area contributed by atoms with Crippen molar-refractivity contribution in [3.05, 3.63) is 41.0 Å². The van der Waals surface area contributed by atoms with Crippen molar-refractivity contribution >= 4 is 15.9 Å². The lowest BCUT2D eigenvalue weighted by atomic mass is 10.1. The highest BCUT2D eigenvalue weighted by Crippen LogP contribution is 2.27. The molecule has 1 aromatic heterocycles. The molecule has 3 heteroatoms. The van der Waals surface area contributed by atoms with Crippen molar-refractivity contribution in [3.63, 3.8) is 0 Å². The van der Waals surface area contributed by atoms with Gasteiger partial charge in [-0.15, -0.1) is 0 Å². The van der Waals surface area contributed by atoms with E-state index in [1.54, 1.807) is 0 Å². The second kappa shape index (κ2) is 3.96. The molecule has 0 spiro atoms. The smallest absolute Gasteiger partial charge is 0.0824 e. The Hall–Kier alpha value is -1.09. The first-order valence-corrected chi connectivity index (χ1v) is 5.39. The van der Waals surface area contributed by atoms with Crippen molar-refractivity contribution in [2.24, 2.45) is 0 Å². The minimum absolute atomic E-state index is 0.885. The third kappa shape index (κ3) is 1.60. The summed E-state index contributed by atoms with van der Waals surface area (Å²) >= 11 is 3.51. The predicted molar refractivity (Wildman–Crippen MR) is 61.0 cm³/mol. The van der Waals surface area contributed by atoms with Gasteiger partial charge in [0.1, 0.15) is 0 Å². The molecule has 2 nitrogen and oxygen atoms in total. The highest BCUT2D eigenvalue weighted by molar-refractivity contribution is 9.10. The average molecular weight is 251 g/mol. The van der Waals surface area contributed by atoms with Crippen LogP contribution in [-0.2, 0) is 6.54 Å². The summed E-state index contributed by atoms with van der Waals surface area (Å²) in [4.78, 5) is 0. The molecule has 1 aromatic carbocycles. The van der Waals surface area contributed by atoms with Crippen molar-refractivity contribution in [2.75, 3.05) is 0 Å². The van der Waals surface area contributed by atoms with E-state index < -0.39 is 0 Å². The molecule has 0 radical (unpaired) electrons. The Bertz CT molecular complexity index is 420. The number of rotatable bonds is 2. The van der Waals surface area contributed by atoms with E-state index in [4.69, 9.17) is 0 Å². The van der Waals surface area contributed by atoms with Crippen molar-refractivity contribution in [2.45, 2.75) is 13.5 Å². The fraction of sp³-hybridized carbons (Fsp3) is 0.182. The van der Waals surface area contributed by atoms with Gasteiger partial charge in [-0.05, 0) is 22.9 Å². The average Bonchev–Trinajstić information content (AvgIpc) is 2.61. The molecule has 0 bridgehead atoms. The van der Waals surface area contributed by atoms with Crippen LogP contribution in [0.2, 0.25) is 0 Å². The zero-order chi connectivity index (χ0) is 9.97. The van der Waals surface area contributed by atoms with Crippen LogP contribution < -0.4 is 0 Å². The van der Waals surface area contributed by atoms with Crippen molar-refractivity contribution in [1.82, 2.24) is 9.78 Å². The second-order valence-electron chi connectivity index (χ2n) is 3.02. The monoisotopic (exact) mass is 250 g/mol. The summed E-state index contributed by atoms with van der Waals surface area (Å²) in [6.45, 7) is 2.97. The van der Waals surface area contributed by atoms with Crippen LogP contribution in [0.5, 0.6) is 0 Å². The quantitative estimate of drug-likeness (QED) is 0.800. The zero-order valence-corrected chi connectivity index (χ0v) is 9.53. The maximum absolute atomic E-state index is 4.28. The van der Waals surface area contributed by atoms with Gasteiger partial charge in [-0.3, -0.25) is 4.68 Å². The summed E-state index contributed by atoms with van der Waals surface area (Å²) in [6, 6.07) is 10.3. The largest absolute Gasteiger partial charge is 0.264 e. The molecule has 0 aliphatic carbocycles. The van der Waals surface area contributed by atoms with Crippen LogP contribution in [0.4, 0.5) is 0 Å². The summed E-state index contributed by atoms with van der Waals surface area (Å²) in [5.74, 6) is 0. The van der Waals surface area contributed by atoms with E-state index >= 15 is 0 Å². The fourth-order valence-electron chi connectivity index (χ4n) is 1.49. The standard InChI is InChI=1S/C11H11BrN2/c1-2-14-11(10(12)8-13-14)9-6-4-3-5-7-9/h3-8H,2H2,1H3. The van der Waals surface area contributed by atoms with E-state index in [0.717, 1.165) is 16.7 Å². The Morgan fingerprint density at radius 2 is 2.00 bits per heavy atom. The molecule has 0 aliphatic rings. The number of nitrogens with zero attached hydrogens (tertiary/aromatic N) is 2. The van der Waals surface area contributed by atoms with Gasteiger partial charge in [-0.2, -0.15) is 5.10 Å². The number of aryl methyl sites for hydroxylation is 1. The molecule has 0 atom stereocenters. The van der Waals surface area contributed by atoms with Crippen LogP contribution in [0.1, 0.15) is 6.92 Å². The van der Waals surface area contributed by atoms with Crippen molar-refractivity contribution < 1.29 is 0 Å². The molecule has 14 heavy (non-hydrogen) atoms. The van der Waals surface area contributed by atoms with E-state index in [9.17, 15) is 0 Å². The van der Waals surface area contributed by atoms with Gasteiger partial charge >= 0.3 is 0 Å². The van der Waals surface area contributed by atoms with E-state index in [1.165, 1.54) is 5.56 Å². The molecule has 2 rings (SSSR count). The molecule has 0 fully saturated rings. The van der Waals surface area contributed by atoms with Crippen LogP contribution >= 0.6 is 15.9 Å². The Morgan fingerprint density at radius 3 is 2.64 bits per heavy atom. The molecule has 0 aliphatic heterocycles. The molecule has 0 amide bonds. The van der Waals surface area contributed by atoms with Gasteiger partial charge in [0.2, 0.25) is 0 Å². The minimum atomic E-state index is 0.885. The summed E-state index contributed by atoms with van der Waals surface area (Å²) in [7, 11) is 0. The normalized spacial score (nSPS) is 10.4. The van der Waals surface area contributed by atoms with Crippen LogP contribution in [0.3, 0.4) is 0 Å². The number of halogens is 1. The summed E-state index contributed by atoms with van der Waals surface area (Å²) in [6.07, 6.45) is 1.84. The van der Waals surface area contributed by atoms with Crippen LogP contribution in [0, 0.1) is 0 Å². The summed E-state index contributed by atoms with van der Waals surface area (Å²) in [5, 5.41) is 4.28. The van der Waals surface area contributed by atoms with Gasteiger partial charge in [0, 0.05) is 12.1 Å². The molecule has 72 valence electrons. The molecular formula is C11H11BrN2. The van der Waals surface area contributed by atoms with Crippen molar-refractivity contribution in [3.8, 4) is 11.3 Å². The van der Waals surface area contributed by atoms with Crippen LogP contribution in [0.15, 0.2) is 41.0 Å². The maximum atomic E-state index is 4.28. The number of aromatic nitrogens is 2. The van der Waals surface area contributed by atoms with Crippen LogP contribution in [-0.4, -0.2) is 9.78 Å². The van der Waals surface area contributed by atoms with Crippen LogP contribution in [0.25, 0.3) is 11.3 Å². The molecule has 0 N–H and O–H groups in total. The Morgan fingerprint density at radius 1 is 1.29 bits per heavy atom. The lowest BCUT2D eigenvalue weighted by molar-refractivity contribution is 0.667. The predicted octanol–water partition coefficient (Wildman–Crippen LogP) is 3.33. The first-order chi connectivity index (χ1) is 6.83. The third-order valence-corrected chi connectivity index (χ3v) is 2.72. The summed E-state index contributed by atoms with van der Waals surface area (Å²) in [5.41, 5.74) is 2.34. The van der Waals surface area contributed by atoms with Crippen molar-refractivity contribution in [1.29, 1.82) is 0 Å². The minimum Gasteiger partial charge on any atom is -0.264 e. The van der Waals surface area contributed by atoms with Gasteiger partial charge in [0.25, 0.3) is 0 Å². The first-order valence-electron chi connectivity index (χ1n) is 4.59. The second-order valence-corrected chi connectivity index (χ2v) is 3.88. The number of hydrogen-bond donors (Lipinski definition) is 0. The summed E-state index contributed by atoms with van der Waals surface area (Å²) < 4.78 is 3.03. The van der Waals surface area contributed by atoms with Gasteiger partial charge in [0.05, 0.1) is 16.4 Å². The first kappa shape index (κ1) is 9.46. The third-order valence-electron chi connectivity index (χ3n) is 2.14. The zero-order valence-electron chi connectivity index (χ0n) is 7.94.